The van der Waals surface area contributed by atoms with Gasteiger partial charge in [0.2, 0.25) is 0 Å². The minimum absolute atomic E-state index is 0.0372. The van der Waals surface area contributed by atoms with Crippen LogP contribution >= 0.6 is 11.6 Å². The second kappa shape index (κ2) is 11.7. The fourth-order valence-electron chi connectivity index (χ4n) is 3.07. The Morgan fingerprint density at radius 2 is 1.53 bits per heavy atom. The summed E-state index contributed by atoms with van der Waals surface area (Å²) >= 11 is 6.01. The maximum Gasteiger partial charge on any atom is 0.412 e. The molecule has 0 aliphatic carbocycles. The lowest BCUT2D eigenvalue weighted by molar-refractivity contribution is -0.139. The summed E-state index contributed by atoms with van der Waals surface area (Å²) in [6, 6.07) is 18.8. The Bertz CT molecular complexity index is 1150. The van der Waals surface area contributed by atoms with Crippen LogP contribution in [0, 0.1) is 0 Å². The third kappa shape index (κ3) is 6.98. The van der Waals surface area contributed by atoms with Gasteiger partial charge in [0.05, 0.1) is 17.7 Å². The molecular formula is C25H23ClN2O6. The quantitative estimate of drug-likeness (QED) is 0.423. The second-order valence-corrected chi connectivity index (χ2v) is 7.69. The van der Waals surface area contributed by atoms with Crippen LogP contribution < -0.4 is 20.1 Å². The number of hydrogen-bond acceptors (Lipinski definition) is 5. The van der Waals surface area contributed by atoms with Crippen LogP contribution in [0.15, 0.2) is 72.8 Å². The molecule has 1 atom stereocenters. The molecule has 0 bridgehead atoms. The van der Waals surface area contributed by atoms with Crippen molar-refractivity contribution in [3.8, 4) is 11.5 Å². The highest BCUT2D eigenvalue weighted by Gasteiger charge is 2.22. The highest BCUT2D eigenvalue weighted by atomic mass is 35.5. The van der Waals surface area contributed by atoms with Crippen molar-refractivity contribution < 1.29 is 29.0 Å². The van der Waals surface area contributed by atoms with Crippen LogP contribution in [0.4, 0.5) is 4.79 Å². The maximum atomic E-state index is 12.4. The Kier molecular flexibility index (Phi) is 8.48. The highest BCUT2D eigenvalue weighted by Crippen LogP contribution is 2.17. The Balaban J connectivity index is 1.53. The van der Waals surface area contributed by atoms with E-state index in [4.69, 9.17) is 21.1 Å². The predicted octanol–water partition coefficient (Wildman–Crippen LogP) is 4.06. The van der Waals surface area contributed by atoms with Crippen molar-refractivity contribution in [3.05, 3.63) is 94.5 Å². The van der Waals surface area contributed by atoms with Gasteiger partial charge in [-0.05, 0) is 47.5 Å². The zero-order valence-electron chi connectivity index (χ0n) is 18.3. The van der Waals surface area contributed by atoms with Gasteiger partial charge in [0.25, 0.3) is 5.91 Å². The molecule has 0 fully saturated rings. The summed E-state index contributed by atoms with van der Waals surface area (Å²) in [5.41, 5.74) is 1.71. The highest BCUT2D eigenvalue weighted by molar-refractivity contribution is 6.33. The van der Waals surface area contributed by atoms with Crippen molar-refractivity contribution in [2.24, 2.45) is 0 Å². The molecule has 34 heavy (non-hydrogen) atoms. The first-order chi connectivity index (χ1) is 16.4. The normalized spacial score (nSPS) is 11.2. The van der Waals surface area contributed by atoms with E-state index in [-0.39, 0.29) is 23.6 Å². The van der Waals surface area contributed by atoms with Gasteiger partial charge < -0.3 is 25.2 Å². The number of rotatable bonds is 9. The van der Waals surface area contributed by atoms with Gasteiger partial charge in [-0.3, -0.25) is 4.79 Å². The number of carbonyl (C=O) groups is 3. The number of carbonyl (C=O) groups excluding carboxylic acids is 2. The first-order valence-electron chi connectivity index (χ1n) is 10.3. The van der Waals surface area contributed by atoms with E-state index >= 15 is 0 Å². The van der Waals surface area contributed by atoms with Crippen molar-refractivity contribution in [3.63, 3.8) is 0 Å². The van der Waals surface area contributed by atoms with E-state index in [0.29, 0.717) is 11.3 Å². The van der Waals surface area contributed by atoms with Gasteiger partial charge in [-0.25, -0.2) is 9.59 Å². The smallest absolute Gasteiger partial charge is 0.412 e. The van der Waals surface area contributed by atoms with Crippen LogP contribution in [-0.2, 0) is 17.8 Å². The summed E-state index contributed by atoms with van der Waals surface area (Å²) in [5.74, 6) is -0.743. The first kappa shape index (κ1) is 24.6. The van der Waals surface area contributed by atoms with Crippen LogP contribution in [0.3, 0.4) is 0 Å². The number of halogens is 1. The van der Waals surface area contributed by atoms with Crippen LogP contribution in [0.2, 0.25) is 5.02 Å². The first-order valence-corrected chi connectivity index (χ1v) is 10.7. The molecule has 0 aliphatic rings. The molecule has 176 valence electrons. The third-order valence-electron chi connectivity index (χ3n) is 4.89. The van der Waals surface area contributed by atoms with Gasteiger partial charge in [0.1, 0.15) is 17.5 Å². The number of benzene rings is 3. The van der Waals surface area contributed by atoms with Gasteiger partial charge in [-0.1, -0.05) is 48.0 Å². The van der Waals surface area contributed by atoms with Crippen molar-refractivity contribution in [2.45, 2.75) is 19.0 Å². The maximum absolute atomic E-state index is 12.4. The molecule has 0 radical (unpaired) electrons. The van der Waals surface area contributed by atoms with Crippen LogP contribution in [0.25, 0.3) is 0 Å². The Morgan fingerprint density at radius 1 is 0.912 bits per heavy atom. The molecule has 0 spiro atoms. The van der Waals surface area contributed by atoms with E-state index in [0.717, 1.165) is 11.3 Å². The number of ether oxygens (including phenoxy) is 2. The summed E-state index contributed by atoms with van der Waals surface area (Å²) in [7, 11) is 1.58. The molecule has 3 rings (SSSR count). The minimum Gasteiger partial charge on any atom is -0.497 e. The number of amides is 2. The molecule has 0 aromatic heterocycles. The van der Waals surface area contributed by atoms with E-state index in [1.54, 1.807) is 61.7 Å². The molecule has 0 saturated heterocycles. The molecule has 3 N–H and O–H groups in total. The van der Waals surface area contributed by atoms with Gasteiger partial charge in [-0.2, -0.15) is 0 Å². The van der Waals surface area contributed by atoms with E-state index in [1.165, 1.54) is 6.07 Å². The summed E-state index contributed by atoms with van der Waals surface area (Å²) in [4.78, 5) is 36.1. The number of methoxy groups -OCH3 is 1. The van der Waals surface area contributed by atoms with Crippen LogP contribution in [0.1, 0.15) is 21.5 Å². The molecule has 2 amide bonds. The number of carboxylic acids is 1. The van der Waals surface area contributed by atoms with E-state index in [9.17, 15) is 19.5 Å². The van der Waals surface area contributed by atoms with E-state index in [1.807, 2.05) is 12.1 Å². The van der Waals surface area contributed by atoms with Gasteiger partial charge in [0.15, 0.2) is 0 Å². The standard InChI is InChI=1S/C25H23ClN2O6/c1-33-18-10-8-17(9-11-18)15-27-25(32)34-19-12-6-16(7-13-19)14-22(24(30)31)28-23(29)20-4-2-3-5-21(20)26/h2-13,22H,14-15H2,1H3,(H,27,32)(H,28,29)(H,30,31)/t22-/m0/s1. The third-order valence-corrected chi connectivity index (χ3v) is 5.22. The fraction of sp³-hybridized carbons (Fsp3) is 0.160. The topological polar surface area (TPSA) is 114 Å². The molecule has 3 aromatic rings. The van der Waals surface area contributed by atoms with E-state index in [2.05, 4.69) is 10.6 Å². The monoisotopic (exact) mass is 482 g/mol. The number of aliphatic carboxylic acids is 1. The average molecular weight is 483 g/mol. The van der Waals surface area contributed by atoms with Crippen molar-refractivity contribution in [2.75, 3.05) is 7.11 Å². The van der Waals surface area contributed by atoms with Crippen molar-refractivity contribution in [1.29, 1.82) is 0 Å². The zero-order chi connectivity index (χ0) is 24.5. The average Bonchev–Trinajstić information content (AvgIpc) is 2.84. The van der Waals surface area contributed by atoms with Crippen molar-refractivity contribution in [1.82, 2.24) is 10.6 Å². The molecule has 3 aromatic carbocycles. The lowest BCUT2D eigenvalue weighted by atomic mass is 10.1. The predicted molar refractivity (Wildman–Crippen MR) is 126 cm³/mol. The Morgan fingerprint density at radius 3 is 2.15 bits per heavy atom. The molecular weight excluding hydrogens is 460 g/mol. The lowest BCUT2D eigenvalue weighted by Crippen LogP contribution is -2.42. The Hall–Kier alpha value is -4.04. The molecule has 0 aliphatic heterocycles. The summed E-state index contributed by atoms with van der Waals surface area (Å²) in [6.07, 6.45) is -0.589. The van der Waals surface area contributed by atoms with Crippen molar-refractivity contribution >= 4 is 29.6 Å². The molecule has 0 unspecified atom stereocenters. The largest absolute Gasteiger partial charge is 0.497 e. The van der Waals surface area contributed by atoms with E-state index < -0.39 is 24.0 Å². The molecule has 8 nitrogen and oxygen atoms in total. The summed E-state index contributed by atoms with van der Waals surface area (Å²) in [6.45, 7) is 0.284. The van der Waals surface area contributed by atoms with Crippen LogP contribution in [-0.4, -0.2) is 36.2 Å². The Labute approximate surface area is 201 Å². The summed E-state index contributed by atoms with van der Waals surface area (Å²) in [5, 5.41) is 14.9. The number of hydrogen-bond donors (Lipinski definition) is 3. The van der Waals surface area contributed by atoms with Crippen LogP contribution in [0.5, 0.6) is 11.5 Å². The second-order valence-electron chi connectivity index (χ2n) is 7.28. The summed E-state index contributed by atoms with van der Waals surface area (Å²) < 4.78 is 10.3. The van der Waals surface area contributed by atoms with Gasteiger partial charge in [0, 0.05) is 13.0 Å². The fourth-order valence-corrected chi connectivity index (χ4v) is 3.29. The number of carboxylic acid groups (broad SMARTS) is 1. The zero-order valence-corrected chi connectivity index (χ0v) is 19.0. The van der Waals surface area contributed by atoms with Gasteiger partial charge >= 0.3 is 12.1 Å². The number of nitrogens with one attached hydrogen (secondary N) is 2. The lowest BCUT2D eigenvalue weighted by Gasteiger charge is -2.15. The van der Waals surface area contributed by atoms with Gasteiger partial charge in [-0.15, -0.1) is 0 Å². The minimum atomic E-state index is -1.18. The molecule has 0 saturated carbocycles. The molecule has 0 heterocycles. The molecule has 9 heteroatoms. The SMILES string of the molecule is COc1ccc(CNC(=O)Oc2ccc(C[C@H](NC(=O)c3ccccc3Cl)C(=O)O)cc2)cc1.